The Bertz CT molecular complexity index is 291. The molecule has 2 N–H and O–H groups in total. The fourth-order valence-electron chi connectivity index (χ4n) is 2.14. The lowest BCUT2D eigenvalue weighted by Crippen LogP contribution is -2.41. The lowest BCUT2D eigenvalue weighted by molar-refractivity contribution is -0.130. The van der Waals surface area contributed by atoms with E-state index in [2.05, 4.69) is 10.6 Å². The Labute approximate surface area is 114 Å². The molecule has 1 fully saturated rings. The highest BCUT2D eigenvalue weighted by Gasteiger charge is 2.17. The maximum Gasteiger partial charge on any atom is 0.234 e. The van der Waals surface area contributed by atoms with E-state index in [-0.39, 0.29) is 24.4 Å². The number of rotatable bonds is 8. The zero-order valence-electron chi connectivity index (χ0n) is 11.9. The van der Waals surface area contributed by atoms with Crippen LogP contribution in [-0.2, 0) is 14.3 Å². The van der Waals surface area contributed by atoms with Gasteiger partial charge < -0.3 is 20.3 Å². The summed E-state index contributed by atoms with van der Waals surface area (Å²) in [5.74, 6) is 0.108. The molecule has 2 amide bonds. The molecule has 1 atom stereocenters. The van der Waals surface area contributed by atoms with Crippen molar-refractivity contribution < 1.29 is 14.3 Å². The van der Waals surface area contributed by atoms with Crippen LogP contribution in [0.3, 0.4) is 0 Å². The molecule has 0 saturated carbocycles. The minimum Gasteiger partial charge on any atom is -0.383 e. The van der Waals surface area contributed by atoms with Crippen LogP contribution in [0.25, 0.3) is 0 Å². The number of nitrogens with zero attached hydrogens (tertiary/aromatic N) is 1. The number of carbonyl (C=O) groups excluding carboxylic acids is 2. The van der Waals surface area contributed by atoms with Gasteiger partial charge in [0.25, 0.3) is 0 Å². The summed E-state index contributed by atoms with van der Waals surface area (Å²) in [6.07, 6.45) is 2.68. The molecule has 1 saturated heterocycles. The number of methoxy groups -OCH3 is 1. The summed E-state index contributed by atoms with van der Waals surface area (Å²) in [5.41, 5.74) is 0. The average Bonchev–Trinajstić information content (AvgIpc) is 2.88. The first-order valence-electron chi connectivity index (χ1n) is 6.90. The lowest BCUT2D eigenvalue weighted by Gasteiger charge is -2.15. The van der Waals surface area contributed by atoms with Crippen molar-refractivity contribution in [1.29, 1.82) is 0 Å². The van der Waals surface area contributed by atoms with Crippen LogP contribution in [0.15, 0.2) is 0 Å². The highest BCUT2D eigenvalue weighted by Crippen LogP contribution is 2.08. The summed E-state index contributed by atoms with van der Waals surface area (Å²) in [6.45, 7) is 4.93. The van der Waals surface area contributed by atoms with E-state index >= 15 is 0 Å². The molecule has 0 aliphatic carbocycles. The van der Waals surface area contributed by atoms with Crippen LogP contribution in [-0.4, -0.2) is 62.7 Å². The molecule has 1 rings (SSSR count). The summed E-state index contributed by atoms with van der Waals surface area (Å²) >= 11 is 0. The Morgan fingerprint density at radius 3 is 2.63 bits per heavy atom. The summed E-state index contributed by atoms with van der Waals surface area (Å²) in [6, 6.07) is 0.00512. The van der Waals surface area contributed by atoms with E-state index in [0.29, 0.717) is 19.6 Å². The molecule has 6 nitrogen and oxygen atoms in total. The number of nitrogens with one attached hydrogen (secondary N) is 2. The van der Waals surface area contributed by atoms with Crippen LogP contribution in [0.4, 0.5) is 0 Å². The predicted octanol–water partition coefficient (Wildman–Crippen LogP) is -0.260. The molecular formula is C13H25N3O3. The summed E-state index contributed by atoms with van der Waals surface area (Å²) in [5, 5.41) is 5.79. The first kappa shape index (κ1) is 15.9. The number of likely N-dealkylation sites (tertiary alicyclic amines) is 1. The zero-order valence-corrected chi connectivity index (χ0v) is 11.9. The number of hydrogen-bond acceptors (Lipinski definition) is 4. The van der Waals surface area contributed by atoms with Crippen molar-refractivity contribution in [3.8, 4) is 0 Å². The summed E-state index contributed by atoms with van der Waals surface area (Å²) < 4.78 is 4.93. The van der Waals surface area contributed by atoms with Crippen LogP contribution in [0.2, 0.25) is 0 Å². The molecule has 1 heterocycles. The van der Waals surface area contributed by atoms with Gasteiger partial charge in [-0.15, -0.1) is 0 Å². The molecule has 19 heavy (non-hydrogen) atoms. The van der Waals surface area contributed by atoms with E-state index in [4.69, 9.17) is 4.74 Å². The Balaban J connectivity index is 2.03. The minimum absolute atomic E-state index is 0.00512. The molecule has 0 aromatic carbocycles. The van der Waals surface area contributed by atoms with Gasteiger partial charge in [0.2, 0.25) is 11.8 Å². The van der Waals surface area contributed by atoms with Crippen molar-refractivity contribution >= 4 is 11.8 Å². The zero-order chi connectivity index (χ0) is 14.1. The van der Waals surface area contributed by atoms with E-state index < -0.39 is 0 Å². The van der Waals surface area contributed by atoms with Crippen LogP contribution in [0, 0.1) is 0 Å². The fraction of sp³-hybridized carbons (Fsp3) is 0.846. The molecule has 0 bridgehead atoms. The topological polar surface area (TPSA) is 70.7 Å². The molecule has 0 aromatic heterocycles. The van der Waals surface area contributed by atoms with Crippen molar-refractivity contribution in [1.82, 2.24) is 15.5 Å². The lowest BCUT2D eigenvalue weighted by atomic mass is 10.3. The molecule has 0 spiro atoms. The third kappa shape index (κ3) is 6.54. The smallest absolute Gasteiger partial charge is 0.234 e. The maximum atomic E-state index is 11.7. The Hall–Kier alpha value is -1.14. The van der Waals surface area contributed by atoms with Crippen LogP contribution >= 0.6 is 0 Å². The van der Waals surface area contributed by atoms with Gasteiger partial charge in [0.05, 0.1) is 13.2 Å². The van der Waals surface area contributed by atoms with Gasteiger partial charge in [-0.3, -0.25) is 9.59 Å². The molecule has 0 radical (unpaired) electrons. The third-order valence-corrected chi connectivity index (χ3v) is 3.08. The van der Waals surface area contributed by atoms with Crippen molar-refractivity contribution in [3.63, 3.8) is 0 Å². The van der Waals surface area contributed by atoms with Crippen LogP contribution < -0.4 is 10.6 Å². The van der Waals surface area contributed by atoms with Crippen molar-refractivity contribution in [3.05, 3.63) is 0 Å². The van der Waals surface area contributed by atoms with Crippen molar-refractivity contribution in [2.75, 3.05) is 39.9 Å². The van der Waals surface area contributed by atoms with E-state index in [1.54, 1.807) is 7.11 Å². The first-order valence-corrected chi connectivity index (χ1v) is 6.90. The average molecular weight is 271 g/mol. The van der Waals surface area contributed by atoms with Gasteiger partial charge in [-0.05, 0) is 19.8 Å². The van der Waals surface area contributed by atoms with E-state index in [9.17, 15) is 9.59 Å². The second kappa shape index (κ2) is 8.87. The summed E-state index contributed by atoms with van der Waals surface area (Å²) in [4.78, 5) is 25.1. The van der Waals surface area contributed by atoms with Gasteiger partial charge in [-0.25, -0.2) is 0 Å². The van der Waals surface area contributed by atoms with Gasteiger partial charge in [-0.2, -0.15) is 0 Å². The predicted molar refractivity (Wildman–Crippen MR) is 72.8 cm³/mol. The van der Waals surface area contributed by atoms with E-state index in [1.807, 2.05) is 11.8 Å². The standard InChI is InChI=1S/C13H25N3O3/c1-11(10-19-2)15-12(17)9-14-6-5-13(18)16-7-3-4-8-16/h11,14H,3-10H2,1-2H3,(H,15,17). The Morgan fingerprint density at radius 2 is 2.00 bits per heavy atom. The Morgan fingerprint density at radius 1 is 1.32 bits per heavy atom. The number of amides is 2. The summed E-state index contributed by atoms with van der Waals surface area (Å²) in [7, 11) is 1.60. The van der Waals surface area contributed by atoms with Crippen molar-refractivity contribution in [2.24, 2.45) is 0 Å². The van der Waals surface area contributed by atoms with Crippen LogP contribution in [0.1, 0.15) is 26.2 Å². The van der Waals surface area contributed by atoms with Gasteiger partial charge in [-0.1, -0.05) is 0 Å². The van der Waals surface area contributed by atoms with Gasteiger partial charge in [0.1, 0.15) is 0 Å². The quantitative estimate of drug-likeness (QED) is 0.597. The molecule has 110 valence electrons. The molecular weight excluding hydrogens is 246 g/mol. The molecule has 0 aromatic rings. The SMILES string of the molecule is COCC(C)NC(=O)CNCCC(=O)N1CCCC1. The molecule has 1 aliphatic heterocycles. The number of ether oxygens (including phenoxy) is 1. The highest BCUT2D eigenvalue weighted by atomic mass is 16.5. The monoisotopic (exact) mass is 271 g/mol. The molecule has 1 unspecified atom stereocenters. The molecule has 6 heteroatoms. The second-order valence-electron chi connectivity index (χ2n) is 4.94. The van der Waals surface area contributed by atoms with Gasteiger partial charge >= 0.3 is 0 Å². The number of carbonyl (C=O) groups is 2. The fourth-order valence-corrected chi connectivity index (χ4v) is 2.14. The Kier molecular flexibility index (Phi) is 7.43. The highest BCUT2D eigenvalue weighted by molar-refractivity contribution is 5.79. The van der Waals surface area contributed by atoms with E-state index in [1.165, 1.54) is 0 Å². The largest absolute Gasteiger partial charge is 0.383 e. The molecule has 1 aliphatic rings. The minimum atomic E-state index is -0.0711. The van der Waals surface area contributed by atoms with Crippen LogP contribution in [0.5, 0.6) is 0 Å². The van der Waals surface area contributed by atoms with Gasteiger partial charge in [0.15, 0.2) is 0 Å². The second-order valence-corrected chi connectivity index (χ2v) is 4.94. The number of hydrogen-bond donors (Lipinski definition) is 2. The normalized spacial score (nSPS) is 16.4. The maximum absolute atomic E-state index is 11.7. The van der Waals surface area contributed by atoms with Gasteiger partial charge in [0, 0.05) is 39.2 Å². The first-order chi connectivity index (χ1) is 9.13. The van der Waals surface area contributed by atoms with Crippen molar-refractivity contribution in [2.45, 2.75) is 32.2 Å². The van der Waals surface area contributed by atoms with E-state index in [0.717, 1.165) is 25.9 Å². The third-order valence-electron chi connectivity index (χ3n) is 3.08.